The highest BCUT2D eigenvalue weighted by Crippen LogP contribution is 2.23. The lowest BCUT2D eigenvalue weighted by molar-refractivity contribution is 0.706. The number of thiocarbonyl (C=S) groups is 1. The van der Waals surface area contributed by atoms with Crippen LogP contribution in [0.3, 0.4) is 0 Å². The molecule has 0 atom stereocenters. The summed E-state index contributed by atoms with van der Waals surface area (Å²) >= 11 is 6.93. The van der Waals surface area contributed by atoms with E-state index in [1.54, 1.807) is 11.8 Å². The van der Waals surface area contributed by atoms with Gasteiger partial charge in [-0.15, -0.1) is 0 Å². The van der Waals surface area contributed by atoms with Gasteiger partial charge in [0.25, 0.3) is 0 Å². The highest BCUT2D eigenvalue weighted by molar-refractivity contribution is 8.23. The Kier molecular flexibility index (Phi) is 3.61. The molecule has 0 spiro atoms. The summed E-state index contributed by atoms with van der Waals surface area (Å²) in [6.07, 6.45) is 1.86. The number of rotatable bonds is 2. The van der Waals surface area contributed by atoms with Crippen LogP contribution < -0.4 is 0 Å². The first kappa shape index (κ1) is 11.6. The Morgan fingerprint density at radius 3 is 2.62 bits per heavy atom. The van der Waals surface area contributed by atoms with Crippen molar-refractivity contribution in [2.24, 2.45) is 4.99 Å². The van der Waals surface area contributed by atoms with E-state index in [0.29, 0.717) is 0 Å². The number of hydrogen-bond acceptors (Lipinski definition) is 3. The fourth-order valence-corrected chi connectivity index (χ4v) is 2.80. The van der Waals surface area contributed by atoms with Crippen molar-refractivity contribution in [2.75, 3.05) is 12.3 Å². The van der Waals surface area contributed by atoms with Crippen LogP contribution in [0.25, 0.3) is 0 Å². The van der Waals surface area contributed by atoms with Gasteiger partial charge in [-0.25, -0.2) is 4.99 Å². The zero-order valence-electron chi connectivity index (χ0n) is 9.43. The van der Waals surface area contributed by atoms with Gasteiger partial charge in [0, 0.05) is 12.3 Å². The van der Waals surface area contributed by atoms with Crippen molar-refractivity contribution in [1.82, 2.24) is 4.90 Å². The van der Waals surface area contributed by atoms with E-state index in [0.717, 1.165) is 22.3 Å². The van der Waals surface area contributed by atoms with Crippen molar-refractivity contribution >= 4 is 40.3 Å². The lowest BCUT2D eigenvalue weighted by atomic mass is 10.1. The van der Waals surface area contributed by atoms with Gasteiger partial charge >= 0.3 is 0 Å². The monoisotopic (exact) mass is 250 g/mol. The highest BCUT2D eigenvalue weighted by Gasteiger charge is 2.15. The molecule has 0 N–H and O–H groups in total. The smallest absolute Gasteiger partial charge is 0.141 e. The van der Waals surface area contributed by atoms with Gasteiger partial charge in [0.1, 0.15) is 4.32 Å². The number of aliphatic imine (C=N–C) groups is 1. The molecule has 0 unspecified atom stereocenters. The molecule has 0 aromatic heterocycles. The average Bonchev–Trinajstić information content (AvgIpc) is 2.64. The standard InChI is InChI=1S/C12H14N2S2/c1-9-4-3-5-10(2)11(9)13-8-14-6-7-16-12(14)15/h3-5,8H,6-7H2,1-2H3. The molecule has 1 aromatic carbocycles. The Morgan fingerprint density at radius 1 is 1.38 bits per heavy atom. The van der Waals surface area contributed by atoms with Crippen molar-refractivity contribution in [3.8, 4) is 0 Å². The summed E-state index contributed by atoms with van der Waals surface area (Å²) in [5.74, 6) is 1.07. The van der Waals surface area contributed by atoms with Crippen molar-refractivity contribution in [2.45, 2.75) is 13.8 Å². The number of aryl methyl sites for hydroxylation is 2. The van der Waals surface area contributed by atoms with Gasteiger partial charge in [-0.1, -0.05) is 42.2 Å². The van der Waals surface area contributed by atoms with Crippen LogP contribution in [0.1, 0.15) is 11.1 Å². The minimum absolute atomic E-state index is 0.926. The molecule has 0 radical (unpaired) electrons. The largest absolute Gasteiger partial charge is 0.317 e. The van der Waals surface area contributed by atoms with Crippen molar-refractivity contribution in [3.63, 3.8) is 0 Å². The van der Waals surface area contributed by atoms with Gasteiger partial charge in [0.15, 0.2) is 0 Å². The fourth-order valence-electron chi connectivity index (χ4n) is 1.65. The molecule has 1 aliphatic heterocycles. The van der Waals surface area contributed by atoms with Gasteiger partial charge < -0.3 is 4.90 Å². The summed E-state index contributed by atoms with van der Waals surface area (Å²) in [6, 6.07) is 6.22. The van der Waals surface area contributed by atoms with E-state index in [-0.39, 0.29) is 0 Å². The first-order valence-corrected chi connectivity index (χ1v) is 6.61. The van der Waals surface area contributed by atoms with E-state index in [4.69, 9.17) is 12.2 Å². The SMILES string of the molecule is Cc1cccc(C)c1N=CN1CCSC1=S. The zero-order valence-corrected chi connectivity index (χ0v) is 11.1. The zero-order chi connectivity index (χ0) is 11.5. The van der Waals surface area contributed by atoms with Crippen LogP contribution in [0.4, 0.5) is 5.69 Å². The molecule has 0 aliphatic carbocycles. The maximum absolute atomic E-state index is 5.22. The molecule has 1 fully saturated rings. The molecule has 1 aromatic rings. The third-order valence-corrected chi connectivity index (χ3v) is 4.01. The first-order valence-electron chi connectivity index (χ1n) is 5.22. The van der Waals surface area contributed by atoms with Crippen LogP contribution in [0.2, 0.25) is 0 Å². The molecular formula is C12H14N2S2. The quantitative estimate of drug-likeness (QED) is 0.455. The molecule has 2 nitrogen and oxygen atoms in total. The lowest BCUT2D eigenvalue weighted by Crippen LogP contribution is -2.20. The highest BCUT2D eigenvalue weighted by atomic mass is 32.2. The topological polar surface area (TPSA) is 15.6 Å². The molecule has 1 heterocycles. The summed E-state index contributed by atoms with van der Waals surface area (Å²) in [6.45, 7) is 5.13. The third-order valence-electron chi connectivity index (χ3n) is 2.56. The minimum atomic E-state index is 0.926. The molecule has 0 amide bonds. The average molecular weight is 250 g/mol. The van der Waals surface area contributed by atoms with Crippen LogP contribution in [0.5, 0.6) is 0 Å². The molecule has 16 heavy (non-hydrogen) atoms. The Morgan fingerprint density at radius 2 is 2.06 bits per heavy atom. The first-order chi connectivity index (χ1) is 7.68. The van der Waals surface area contributed by atoms with Gasteiger partial charge in [-0.05, 0) is 25.0 Å². The van der Waals surface area contributed by atoms with Crippen LogP contribution in [0, 0.1) is 13.8 Å². The van der Waals surface area contributed by atoms with Crippen molar-refractivity contribution < 1.29 is 0 Å². The van der Waals surface area contributed by atoms with E-state index in [9.17, 15) is 0 Å². The number of thioether (sulfide) groups is 1. The van der Waals surface area contributed by atoms with Crippen molar-refractivity contribution in [3.05, 3.63) is 29.3 Å². The van der Waals surface area contributed by atoms with Gasteiger partial charge in [-0.3, -0.25) is 0 Å². The maximum atomic E-state index is 5.22. The second kappa shape index (κ2) is 4.97. The Balaban J connectivity index is 2.20. The Hall–Kier alpha value is -0.870. The minimum Gasteiger partial charge on any atom is -0.317 e. The molecule has 4 heteroatoms. The number of hydrogen-bond donors (Lipinski definition) is 0. The van der Waals surface area contributed by atoms with Crippen LogP contribution in [-0.4, -0.2) is 27.9 Å². The predicted molar refractivity (Wildman–Crippen MR) is 75.8 cm³/mol. The van der Waals surface area contributed by atoms with Crippen molar-refractivity contribution in [1.29, 1.82) is 0 Å². The molecule has 1 saturated heterocycles. The summed E-state index contributed by atoms with van der Waals surface area (Å²) in [5, 5.41) is 0. The van der Waals surface area contributed by atoms with E-state index >= 15 is 0 Å². The number of para-hydroxylation sites is 1. The van der Waals surface area contributed by atoms with Crippen LogP contribution in [-0.2, 0) is 0 Å². The van der Waals surface area contributed by atoms with E-state index in [1.165, 1.54) is 11.1 Å². The Labute approximate surface area is 106 Å². The molecule has 0 saturated carbocycles. The van der Waals surface area contributed by atoms with Gasteiger partial charge in [-0.2, -0.15) is 0 Å². The second-order valence-electron chi connectivity index (χ2n) is 3.79. The van der Waals surface area contributed by atoms with Gasteiger partial charge in [0.05, 0.1) is 12.0 Å². The van der Waals surface area contributed by atoms with Gasteiger partial charge in [0.2, 0.25) is 0 Å². The van der Waals surface area contributed by atoms with E-state index < -0.39 is 0 Å². The Bertz CT molecular complexity index is 420. The number of nitrogens with zero attached hydrogens (tertiary/aromatic N) is 2. The number of benzene rings is 1. The third kappa shape index (κ3) is 2.44. The summed E-state index contributed by atoms with van der Waals surface area (Å²) in [7, 11) is 0. The summed E-state index contributed by atoms with van der Waals surface area (Å²) < 4.78 is 0.926. The lowest BCUT2D eigenvalue weighted by Gasteiger charge is -2.10. The molecule has 84 valence electrons. The predicted octanol–water partition coefficient (Wildman–Crippen LogP) is 3.30. The molecule has 1 aliphatic rings. The second-order valence-corrected chi connectivity index (χ2v) is 5.52. The van der Waals surface area contributed by atoms with Crippen LogP contribution >= 0.6 is 24.0 Å². The normalized spacial score (nSPS) is 16.4. The molecular weight excluding hydrogens is 236 g/mol. The van der Waals surface area contributed by atoms with E-state index in [2.05, 4.69) is 37.0 Å². The van der Waals surface area contributed by atoms with Crippen LogP contribution in [0.15, 0.2) is 23.2 Å². The van der Waals surface area contributed by atoms with E-state index in [1.807, 2.05) is 11.2 Å². The summed E-state index contributed by atoms with van der Waals surface area (Å²) in [4.78, 5) is 6.57. The summed E-state index contributed by atoms with van der Waals surface area (Å²) in [5.41, 5.74) is 3.46. The molecule has 2 rings (SSSR count). The maximum Gasteiger partial charge on any atom is 0.141 e. The fraction of sp³-hybridized carbons (Fsp3) is 0.333. The molecule has 0 bridgehead atoms.